The lowest BCUT2D eigenvalue weighted by molar-refractivity contribution is -0.161. The van der Waals surface area contributed by atoms with Crippen LogP contribution in [0.4, 0.5) is 0 Å². The normalized spacial score (nSPS) is 13.9. The Morgan fingerprint density at radius 1 is 0.284 bits per heavy atom. The van der Waals surface area contributed by atoms with Crippen molar-refractivity contribution in [1.82, 2.24) is 0 Å². The molecule has 0 aromatic carbocycles. The van der Waals surface area contributed by atoms with Crippen molar-refractivity contribution in [2.75, 3.05) is 39.6 Å². The standard InChI is InChI=1S/C76H148O17P2/c1-6-9-12-15-18-21-23-25-27-29-30-32-34-36-41-46-51-56-61-75(80)92-72(66-87-74(79)60-55-50-45-40-35-33-31-28-26-24-22-19-16-13-10-7-2)68-91-95(84,85)89-64-70(77)63-88-94(82,83)90-67-71(65-86-73(78)59-54-49-44-38-20-17-14-11-8-3)93-76(81)62-57-52-47-42-37-39-43-48-53-58-69(4)5/h69-72,77H,6-68H2,1-5H3,(H,82,83)(H,84,85)/t70-,71+,72+/m0/s1. The van der Waals surface area contributed by atoms with Crippen LogP contribution in [0.3, 0.4) is 0 Å². The Labute approximate surface area is 581 Å². The Hall–Kier alpha value is -1.94. The summed E-state index contributed by atoms with van der Waals surface area (Å²) >= 11 is 0. The minimum atomic E-state index is -4.96. The number of hydrogen-bond donors (Lipinski definition) is 3. The van der Waals surface area contributed by atoms with Crippen LogP contribution in [0.15, 0.2) is 0 Å². The lowest BCUT2D eigenvalue weighted by Crippen LogP contribution is -2.30. The average molecular weight is 1400 g/mol. The van der Waals surface area contributed by atoms with Gasteiger partial charge in [-0.15, -0.1) is 0 Å². The highest BCUT2D eigenvalue weighted by atomic mass is 31.2. The van der Waals surface area contributed by atoms with E-state index < -0.39 is 97.5 Å². The molecule has 0 radical (unpaired) electrons. The second-order valence-corrected chi connectivity index (χ2v) is 30.8. The van der Waals surface area contributed by atoms with Gasteiger partial charge < -0.3 is 33.8 Å². The number of esters is 4. The molecule has 0 aliphatic heterocycles. The third kappa shape index (κ3) is 70.3. The van der Waals surface area contributed by atoms with E-state index in [1.165, 1.54) is 225 Å². The molecule has 3 N–H and O–H groups in total. The smallest absolute Gasteiger partial charge is 0.462 e. The molecule has 0 aromatic heterocycles. The van der Waals surface area contributed by atoms with E-state index in [-0.39, 0.29) is 25.7 Å². The fourth-order valence-corrected chi connectivity index (χ4v) is 13.3. The van der Waals surface area contributed by atoms with E-state index in [1.807, 2.05) is 0 Å². The summed E-state index contributed by atoms with van der Waals surface area (Å²) in [6, 6.07) is 0. The first-order chi connectivity index (χ1) is 46.0. The van der Waals surface area contributed by atoms with Gasteiger partial charge in [-0.25, -0.2) is 9.13 Å². The van der Waals surface area contributed by atoms with Gasteiger partial charge in [-0.05, 0) is 31.6 Å². The highest BCUT2D eigenvalue weighted by Gasteiger charge is 2.30. The van der Waals surface area contributed by atoms with E-state index in [4.69, 9.17) is 37.0 Å². The Balaban J connectivity index is 5.22. The van der Waals surface area contributed by atoms with Crippen LogP contribution in [0.25, 0.3) is 0 Å². The molecule has 0 amide bonds. The van der Waals surface area contributed by atoms with Crippen LogP contribution in [0.2, 0.25) is 0 Å². The molecule has 0 rings (SSSR count). The molecule has 0 fully saturated rings. The molecule has 5 atom stereocenters. The second-order valence-electron chi connectivity index (χ2n) is 27.9. The maximum atomic E-state index is 13.1. The van der Waals surface area contributed by atoms with E-state index >= 15 is 0 Å². The first-order valence-corrected chi connectivity index (χ1v) is 42.6. The monoisotopic (exact) mass is 1400 g/mol. The summed E-state index contributed by atoms with van der Waals surface area (Å²) in [4.78, 5) is 72.8. The number of carbonyl (C=O) groups excluding carboxylic acids is 4. The van der Waals surface area contributed by atoms with Gasteiger partial charge >= 0.3 is 39.5 Å². The van der Waals surface area contributed by atoms with Crippen LogP contribution in [0.1, 0.15) is 401 Å². The summed E-state index contributed by atoms with van der Waals surface area (Å²) in [5, 5.41) is 10.6. The van der Waals surface area contributed by atoms with Crippen LogP contribution in [-0.4, -0.2) is 96.7 Å². The van der Waals surface area contributed by atoms with Crippen molar-refractivity contribution >= 4 is 39.5 Å². The van der Waals surface area contributed by atoms with Crippen molar-refractivity contribution in [2.24, 2.45) is 5.92 Å². The molecule has 0 aliphatic carbocycles. The Morgan fingerprint density at radius 3 is 0.716 bits per heavy atom. The highest BCUT2D eigenvalue weighted by Crippen LogP contribution is 2.45. The first-order valence-electron chi connectivity index (χ1n) is 39.6. The predicted octanol–water partition coefficient (Wildman–Crippen LogP) is 22.5. The minimum Gasteiger partial charge on any atom is -0.462 e. The summed E-state index contributed by atoms with van der Waals surface area (Å²) < 4.78 is 68.5. The lowest BCUT2D eigenvalue weighted by Gasteiger charge is -2.21. The fraction of sp³-hybridized carbons (Fsp3) is 0.947. The molecule has 0 saturated heterocycles. The minimum absolute atomic E-state index is 0.106. The fourth-order valence-electron chi connectivity index (χ4n) is 11.7. The molecule has 0 heterocycles. The van der Waals surface area contributed by atoms with E-state index in [9.17, 15) is 43.2 Å². The Kier molecular flexibility index (Phi) is 67.7. The molecule has 0 bridgehead atoms. The molecule has 95 heavy (non-hydrogen) atoms. The summed E-state index contributed by atoms with van der Waals surface area (Å²) in [7, 11) is -9.91. The number of ether oxygens (including phenoxy) is 4. The zero-order valence-corrected chi connectivity index (χ0v) is 63.6. The summed E-state index contributed by atoms with van der Waals surface area (Å²) in [6.45, 7) is 7.26. The average Bonchev–Trinajstić information content (AvgIpc) is 1.61. The molecule has 0 saturated carbocycles. The number of hydrogen-bond acceptors (Lipinski definition) is 15. The molecule has 17 nitrogen and oxygen atoms in total. The van der Waals surface area contributed by atoms with Crippen LogP contribution in [0.5, 0.6) is 0 Å². The number of unbranched alkanes of at least 4 members (excludes halogenated alkanes) is 48. The highest BCUT2D eigenvalue weighted by molar-refractivity contribution is 7.47. The van der Waals surface area contributed by atoms with Crippen molar-refractivity contribution in [1.29, 1.82) is 0 Å². The second kappa shape index (κ2) is 69.2. The molecular weight excluding hydrogens is 1250 g/mol. The van der Waals surface area contributed by atoms with Gasteiger partial charge in [-0.2, -0.15) is 0 Å². The molecule has 0 spiro atoms. The van der Waals surface area contributed by atoms with Gasteiger partial charge in [0.15, 0.2) is 12.2 Å². The van der Waals surface area contributed by atoms with Crippen LogP contribution in [-0.2, 0) is 65.4 Å². The molecule has 564 valence electrons. The van der Waals surface area contributed by atoms with Gasteiger partial charge in [0.05, 0.1) is 26.4 Å². The number of phosphoric ester groups is 2. The SMILES string of the molecule is CCCCCCCCCCCCCCCCCCCCC(=O)O[C@H](COC(=O)CCCCCCCCCCCCCCCCCC)COP(=O)(O)OC[C@@H](O)COP(=O)(O)OC[C@@H](COC(=O)CCCCCCCCCCC)OC(=O)CCCCCCCCCCCC(C)C. The topological polar surface area (TPSA) is 237 Å². The van der Waals surface area contributed by atoms with Crippen molar-refractivity contribution in [3.8, 4) is 0 Å². The maximum absolute atomic E-state index is 13.1. The van der Waals surface area contributed by atoms with Gasteiger partial charge in [0.2, 0.25) is 0 Å². The van der Waals surface area contributed by atoms with Gasteiger partial charge in [-0.1, -0.05) is 349 Å². The van der Waals surface area contributed by atoms with Crippen molar-refractivity contribution in [3.63, 3.8) is 0 Å². The number of rotatable bonds is 76. The quantitative estimate of drug-likeness (QED) is 0.0222. The third-order valence-corrected chi connectivity index (χ3v) is 19.7. The van der Waals surface area contributed by atoms with Crippen LogP contribution in [0, 0.1) is 5.92 Å². The van der Waals surface area contributed by atoms with Crippen molar-refractivity contribution in [2.45, 2.75) is 419 Å². The summed E-state index contributed by atoms with van der Waals surface area (Å²) in [5.41, 5.74) is 0. The van der Waals surface area contributed by atoms with Crippen LogP contribution >= 0.6 is 15.6 Å². The Bertz CT molecular complexity index is 1820. The number of aliphatic hydroxyl groups excluding tert-OH is 1. The number of phosphoric acid groups is 2. The summed E-state index contributed by atoms with van der Waals surface area (Å²) in [5.74, 6) is -1.38. The lowest BCUT2D eigenvalue weighted by atomic mass is 10.0. The van der Waals surface area contributed by atoms with E-state index in [0.29, 0.717) is 25.7 Å². The van der Waals surface area contributed by atoms with E-state index in [2.05, 4.69) is 34.6 Å². The van der Waals surface area contributed by atoms with Gasteiger partial charge in [0, 0.05) is 25.7 Å². The predicted molar refractivity (Wildman–Crippen MR) is 386 cm³/mol. The summed E-state index contributed by atoms with van der Waals surface area (Å²) in [6.07, 6.45) is 58.3. The van der Waals surface area contributed by atoms with Gasteiger partial charge in [0.25, 0.3) is 0 Å². The van der Waals surface area contributed by atoms with Crippen molar-refractivity contribution in [3.05, 3.63) is 0 Å². The zero-order valence-electron chi connectivity index (χ0n) is 61.8. The molecule has 0 aliphatic rings. The molecule has 0 aromatic rings. The van der Waals surface area contributed by atoms with E-state index in [0.717, 1.165) is 95.8 Å². The number of carbonyl (C=O) groups is 4. The Morgan fingerprint density at radius 2 is 0.484 bits per heavy atom. The van der Waals surface area contributed by atoms with Gasteiger partial charge in [-0.3, -0.25) is 37.3 Å². The zero-order chi connectivity index (χ0) is 69.8. The van der Waals surface area contributed by atoms with Gasteiger partial charge in [0.1, 0.15) is 19.3 Å². The first kappa shape index (κ1) is 93.1. The molecule has 2 unspecified atom stereocenters. The van der Waals surface area contributed by atoms with Crippen molar-refractivity contribution < 1.29 is 80.2 Å². The number of aliphatic hydroxyl groups is 1. The van der Waals surface area contributed by atoms with E-state index in [1.54, 1.807) is 0 Å². The van der Waals surface area contributed by atoms with Crippen LogP contribution < -0.4 is 0 Å². The largest absolute Gasteiger partial charge is 0.472 e. The molecular formula is C76H148O17P2. The third-order valence-electron chi connectivity index (χ3n) is 17.8. The maximum Gasteiger partial charge on any atom is 0.472 e. The molecule has 19 heteroatoms.